The molecular weight excluding hydrogens is 388 g/mol. The van der Waals surface area contributed by atoms with Gasteiger partial charge in [-0.3, -0.25) is 4.79 Å². The minimum absolute atomic E-state index is 0.0435. The third-order valence-corrected chi connectivity index (χ3v) is 6.39. The molecule has 1 fully saturated rings. The van der Waals surface area contributed by atoms with Crippen molar-refractivity contribution in [1.82, 2.24) is 9.88 Å². The number of amides is 1. The van der Waals surface area contributed by atoms with Gasteiger partial charge in [-0.1, -0.05) is 12.1 Å². The van der Waals surface area contributed by atoms with E-state index in [1.165, 1.54) is 0 Å². The molecule has 1 saturated heterocycles. The minimum Gasteiger partial charge on any atom is -0.493 e. The summed E-state index contributed by atoms with van der Waals surface area (Å²) in [6.07, 6.45) is 2.21. The number of fused-ring (bicyclic) bond motifs is 1. The predicted octanol–water partition coefficient (Wildman–Crippen LogP) is 4.23. The first kappa shape index (κ1) is 19.5. The molecule has 0 radical (unpaired) electrons. The van der Waals surface area contributed by atoms with Crippen LogP contribution in [0.2, 0.25) is 0 Å². The van der Waals surface area contributed by atoms with Crippen molar-refractivity contribution in [2.24, 2.45) is 0 Å². The fourth-order valence-electron chi connectivity index (χ4n) is 3.87. The average Bonchev–Trinajstić information content (AvgIpc) is 3.39. The summed E-state index contributed by atoms with van der Waals surface area (Å²) in [5.41, 5.74) is 1.83. The van der Waals surface area contributed by atoms with Gasteiger partial charge in [0.15, 0.2) is 11.5 Å². The van der Waals surface area contributed by atoms with Crippen molar-refractivity contribution in [2.75, 3.05) is 27.9 Å². The summed E-state index contributed by atoms with van der Waals surface area (Å²) < 4.78 is 17.4. The summed E-state index contributed by atoms with van der Waals surface area (Å²) in [7, 11) is 4.72. The van der Waals surface area contributed by atoms with E-state index in [1.807, 2.05) is 35.2 Å². The number of ether oxygens (including phenoxy) is 3. The van der Waals surface area contributed by atoms with Gasteiger partial charge in [-0.15, -0.1) is 11.3 Å². The molecular formula is C22H24N2O4S. The lowest BCUT2D eigenvalue weighted by Crippen LogP contribution is -2.31. The molecule has 0 spiro atoms. The number of carbonyl (C=O) groups is 1. The van der Waals surface area contributed by atoms with Crippen molar-refractivity contribution in [3.8, 4) is 17.2 Å². The number of likely N-dealkylation sites (tertiary alicyclic amines) is 1. The summed E-state index contributed by atoms with van der Waals surface area (Å²) in [6, 6.07) is 11.8. The van der Waals surface area contributed by atoms with E-state index in [9.17, 15) is 4.79 Å². The Kier molecular flexibility index (Phi) is 5.58. The van der Waals surface area contributed by atoms with E-state index in [4.69, 9.17) is 19.2 Å². The highest BCUT2D eigenvalue weighted by Gasteiger charge is 2.32. The van der Waals surface area contributed by atoms with E-state index < -0.39 is 0 Å². The molecule has 6 nitrogen and oxygen atoms in total. The van der Waals surface area contributed by atoms with Crippen LogP contribution in [-0.4, -0.2) is 43.7 Å². The molecule has 7 heteroatoms. The Labute approximate surface area is 174 Å². The van der Waals surface area contributed by atoms with E-state index in [0.29, 0.717) is 17.2 Å². The maximum absolute atomic E-state index is 13.2. The van der Waals surface area contributed by atoms with Crippen LogP contribution in [0.15, 0.2) is 36.4 Å². The number of para-hydroxylation sites is 1. The molecule has 2 heterocycles. The van der Waals surface area contributed by atoms with Crippen molar-refractivity contribution >= 4 is 27.5 Å². The molecule has 0 bridgehead atoms. The average molecular weight is 413 g/mol. The Morgan fingerprint density at radius 3 is 2.52 bits per heavy atom. The van der Waals surface area contributed by atoms with Crippen LogP contribution in [-0.2, 0) is 11.2 Å². The molecule has 1 amide bonds. The number of hydrogen-bond donors (Lipinski definition) is 0. The van der Waals surface area contributed by atoms with Crippen molar-refractivity contribution in [1.29, 1.82) is 0 Å². The first-order valence-electron chi connectivity index (χ1n) is 9.58. The Bertz CT molecular complexity index is 975. The van der Waals surface area contributed by atoms with Gasteiger partial charge in [-0.2, -0.15) is 0 Å². The third-order valence-electron chi connectivity index (χ3n) is 5.25. The Morgan fingerprint density at radius 2 is 1.86 bits per heavy atom. The van der Waals surface area contributed by atoms with Gasteiger partial charge in [-0.25, -0.2) is 4.98 Å². The van der Waals surface area contributed by atoms with E-state index in [1.54, 1.807) is 32.7 Å². The number of thiazole rings is 1. The summed E-state index contributed by atoms with van der Waals surface area (Å²) in [5, 5.41) is 1.02. The number of methoxy groups -OCH3 is 3. The highest BCUT2D eigenvalue weighted by molar-refractivity contribution is 7.18. The SMILES string of the molecule is COc1cc(CC(=O)N2CCC[C@@H]2c2nc3ccccc3s2)cc(OC)c1OC. The molecule has 1 aliphatic heterocycles. The van der Waals surface area contributed by atoms with Crippen molar-refractivity contribution < 1.29 is 19.0 Å². The van der Waals surface area contributed by atoms with Gasteiger partial charge in [0.25, 0.3) is 0 Å². The zero-order valence-electron chi connectivity index (χ0n) is 16.8. The van der Waals surface area contributed by atoms with Crippen LogP contribution in [0.1, 0.15) is 29.5 Å². The van der Waals surface area contributed by atoms with Crippen LogP contribution in [0, 0.1) is 0 Å². The number of nitrogens with zero attached hydrogens (tertiary/aromatic N) is 2. The van der Waals surface area contributed by atoms with E-state index in [0.717, 1.165) is 40.2 Å². The molecule has 0 unspecified atom stereocenters. The molecule has 29 heavy (non-hydrogen) atoms. The second kappa shape index (κ2) is 8.29. The van der Waals surface area contributed by atoms with Crippen molar-refractivity contribution in [3.05, 3.63) is 47.0 Å². The Hall–Kier alpha value is -2.80. The maximum Gasteiger partial charge on any atom is 0.227 e. The van der Waals surface area contributed by atoms with Gasteiger partial charge in [0.2, 0.25) is 11.7 Å². The number of aromatic nitrogens is 1. The molecule has 2 aromatic carbocycles. The Morgan fingerprint density at radius 1 is 1.14 bits per heavy atom. The fourth-order valence-corrected chi connectivity index (χ4v) is 4.98. The largest absolute Gasteiger partial charge is 0.493 e. The summed E-state index contributed by atoms with van der Waals surface area (Å²) in [4.78, 5) is 19.9. The van der Waals surface area contributed by atoms with Gasteiger partial charge in [-0.05, 0) is 42.7 Å². The maximum atomic E-state index is 13.2. The third kappa shape index (κ3) is 3.74. The van der Waals surface area contributed by atoms with Gasteiger partial charge in [0.05, 0.1) is 44.0 Å². The minimum atomic E-state index is 0.0435. The zero-order valence-corrected chi connectivity index (χ0v) is 17.6. The molecule has 4 rings (SSSR count). The molecule has 152 valence electrons. The Balaban J connectivity index is 1.57. The van der Waals surface area contributed by atoms with Gasteiger partial charge < -0.3 is 19.1 Å². The number of carbonyl (C=O) groups excluding carboxylic acids is 1. The highest BCUT2D eigenvalue weighted by Crippen LogP contribution is 2.40. The lowest BCUT2D eigenvalue weighted by atomic mass is 10.1. The second-order valence-corrected chi connectivity index (χ2v) is 8.04. The van der Waals surface area contributed by atoms with Gasteiger partial charge in [0.1, 0.15) is 5.01 Å². The molecule has 1 aliphatic rings. The van der Waals surface area contributed by atoms with Crippen LogP contribution in [0.4, 0.5) is 0 Å². The summed E-state index contributed by atoms with van der Waals surface area (Å²) in [5.74, 6) is 1.72. The highest BCUT2D eigenvalue weighted by atomic mass is 32.1. The normalized spacial score (nSPS) is 16.2. The van der Waals surface area contributed by atoms with Crippen LogP contribution in [0.3, 0.4) is 0 Å². The van der Waals surface area contributed by atoms with E-state index in [2.05, 4.69) is 6.07 Å². The molecule has 0 aliphatic carbocycles. The van der Waals surface area contributed by atoms with E-state index >= 15 is 0 Å². The lowest BCUT2D eigenvalue weighted by molar-refractivity contribution is -0.131. The molecule has 0 N–H and O–H groups in total. The zero-order chi connectivity index (χ0) is 20.4. The topological polar surface area (TPSA) is 60.9 Å². The molecule has 3 aromatic rings. The second-order valence-electron chi connectivity index (χ2n) is 6.98. The number of rotatable bonds is 6. The first-order chi connectivity index (χ1) is 14.1. The van der Waals surface area contributed by atoms with Crippen LogP contribution >= 0.6 is 11.3 Å². The summed E-state index contributed by atoms with van der Waals surface area (Å²) >= 11 is 1.68. The smallest absolute Gasteiger partial charge is 0.227 e. The number of benzene rings is 2. The van der Waals surface area contributed by atoms with Crippen LogP contribution < -0.4 is 14.2 Å². The summed E-state index contributed by atoms with van der Waals surface area (Å²) in [6.45, 7) is 0.754. The van der Waals surface area contributed by atoms with Gasteiger partial charge >= 0.3 is 0 Å². The fraction of sp³-hybridized carbons (Fsp3) is 0.364. The van der Waals surface area contributed by atoms with Crippen LogP contribution in [0.25, 0.3) is 10.2 Å². The first-order valence-corrected chi connectivity index (χ1v) is 10.4. The van der Waals surface area contributed by atoms with Crippen LogP contribution in [0.5, 0.6) is 17.2 Å². The predicted molar refractivity (Wildman–Crippen MR) is 113 cm³/mol. The monoisotopic (exact) mass is 412 g/mol. The lowest BCUT2D eigenvalue weighted by Gasteiger charge is -2.23. The van der Waals surface area contributed by atoms with Gasteiger partial charge in [0, 0.05) is 6.54 Å². The molecule has 1 aromatic heterocycles. The molecule has 0 saturated carbocycles. The number of hydrogen-bond acceptors (Lipinski definition) is 6. The van der Waals surface area contributed by atoms with E-state index in [-0.39, 0.29) is 18.4 Å². The quantitative estimate of drug-likeness (QED) is 0.606. The van der Waals surface area contributed by atoms with Crippen molar-refractivity contribution in [2.45, 2.75) is 25.3 Å². The standard InChI is InChI=1S/C22H24N2O4S/c1-26-17-11-14(12-18(27-2)21(17)28-3)13-20(25)24-10-6-8-16(24)22-23-15-7-4-5-9-19(15)29-22/h4-5,7,9,11-12,16H,6,8,10,13H2,1-3H3/t16-/m1/s1. The molecule has 1 atom stereocenters. The van der Waals surface area contributed by atoms with Crippen molar-refractivity contribution in [3.63, 3.8) is 0 Å².